The third-order valence-electron chi connectivity index (χ3n) is 3.97. The second-order valence-electron chi connectivity index (χ2n) is 6.18. The summed E-state index contributed by atoms with van der Waals surface area (Å²) in [6.45, 7) is 1.51. The lowest BCUT2D eigenvalue weighted by molar-refractivity contribution is 0.101. The molecule has 0 unspecified atom stereocenters. The summed E-state index contributed by atoms with van der Waals surface area (Å²) in [6.07, 6.45) is 0.898. The summed E-state index contributed by atoms with van der Waals surface area (Å²) >= 11 is 0. The lowest BCUT2D eigenvalue weighted by Crippen LogP contribution is -2.15. The molecular formula is C20H22N2O3. The highest BCUT2D eigenvalue weighted by molar-refractivity contribution is 6.14. The predicted molar refractivity (Wildman–Crippen MR) is 99.2 cm³/mol. The van der Waals surface area contributed by atoms with Crippen LogP contribution in [0.1, 0.15) is 22.5 Å². The number of ketones is 1. The Bertz CT molecular complexity index is 869. The fraction of sp³-hybridized carbons (Fsp3) is 0.250. The number of carbonyl (C=O) groups is 1. The van der Waals surface area contributed by atoms with E-state index in [0.29, 0.717) is 34.6 Å². The van der Waals surface area contributed by atoms with Crippen LogP contribution in [0.4, 0.5) is 5.69 Å². The van der Waals surface area contributed by atoms with Crippen molar-refractivity contribution in [2.75, 3.05) is 33.0 Å². The first kappa shape index (κ1) is 17.0. The Morgan fingerprint density at radius 2 is 1.88 bits per heavy atom. The number of carbonyl (C=O) groups excluding carboxylic acids is 1. The molecule has 0 aliphatic heterocycles. The van der Waals surface area contributed by atoms with Crippen LogP contribution in [0.2, 0.25) is 0 Å². The molecule has 3 aromatic rings. The van der Waals surface area contributed by atoms with Gasteiger partial charge in [0.1, 0.15) is 0 Å². The quantitative estimate of drug-likeness (QED) is 0.527. The van der Waals surface area contributed by atoms with Crippen molar-refractivity contribution in [3.8, 4) is 5.75 Å². The number of fused-ring (bicyclic) bond motifs is 1. The number of furan rings is 1. The van der Waals surface area contributed by atoms with Crippen LogP contribution in [-0.4, -0.2) is 37.9 Å². The van der Waals surface area contributed by atoms with Crippen LogP contribution >= 0.6 is 0 Å². The molecule has 0 radical (unpaired) electrons. The Morgan fingerprint density at radius 1 is 1.12 bits per heavy atom. The van der Waals surface area contributed by atoms with Crippen molar-refractivity contribution >= 4 is 22.4 Å². The zero-order valence-electron chi connectivity index (χ0n) is 14.5. The largest absolute Gasteiger partial charge is 0.490 e. The Morgan fingerprint density at radius 3 is 2.60 bits per heavy atom. The van der Waals surface area contributed by atoms with E-state index in [1.54, 1.807) is 12.1 Å². The lowest BCUT2D eigenvalue weighted by atomic mass is 10.1. The number of nitrogen functional groups attached to an aromatic ring is 1. The van der Waals surface area contributed by atoms with E-state index in [1.807, 2.05) is 50.5 Å². The molecule has 25 heavy (non-hydrogen) atoms. The van der Waals surface area contributed by atoms with E-state index in [-0.39, 0.29) is 11.5 Å². The van der Waals surface area contributed by atoms with E-state index in [2.05, 4.69) is 4.90 Å². The van der Waals surface area contributed by atoms with Gasteiger partial charge in [0.05, 0.1) is 12.3 Å². The first-order valence-corrected chi connectivity index (χ1v) is 8.26. The van der Waals surface area contributed by atoms with Crippen molar-refractivity contribution in [3.63, 3.8) is 0 Å². The highest BCUT2D eigenvalue weighted by atomic mass is 16.5. The average Bonchev–Trinajstić information content (AvgIpc) is 2.96. The van der Waals surface area contributed by atoms with Gasteiger partial charge in [0, 0.05) is 17.5 Å². The SMILES string of the molecule is CN(C)CCCOc1cccc2c(N)c(C(=O)c3ccccc3)oc12. The standard InChI is InChI=1S/C20H22N2O3/c1-22(2)12-7-13-24-16-11-6-10-15-17(21)20(25-19(15)16)18(23)14-8-4-3-5-9-14/h3-6,8-11H,7,12-13,21H2,1-2H3. The fourth-order valence-corrected chi connectivity index (χ4v) is 2.68. The second kappa shape index (κ2) is 7.40. The molecule has 1 heterocycles. The highest BCUT2D eigenvalue weighted by Crippen LogP contribution is 2.35. The molecule has 0 spiro atoms. The summed E-state index contributed by atoms with van der Waals surface area (Å²) in [6, 6.07) is 14.5. The smallest absolute Gasteiger partial charge is 0.230 e. The van der Waals surface area contributed by atoms with E-state index in [4.69, 9.17) is 14.9 Å². The van der Waals surface area contributed by atoms with Crippen molar-refractivity contribution in [3.05, 3.63) is 59.9 Å². The number of hydrogen-bond donors (Lipinski definition) is 1. The van der Waals surface area contributed by atoms with E-state index in [0.717, 1.165) is 13.0 Å². The zero-order valence-corrected chi connectivity index (χ0v) is 14.5. The van der Waals surface area contributed by atoms with Gasteiger partial charge in [0.25, 0.3) is 0 Å². The van der Waals surface area contributed by atoms with Crippen LogP contribution in [0.5, 0.6) is 5.75 Å². The van der Waals surface area contributed by atoms with Gasteiger partial charge in [-0.1, -0.05) is 36.4 Å². The first-order chi connectivity index (χ1) is 12.1. The van der Waals surface area contributed by atoms with Crippen molar-refractivity contribution in [2.45, 2.75) is 6.42 Å². The van der Waals surface area contributed by atoms with Gasteiger partial charge in [-0.2, -0.15) is 0 Å². The highest BCUT2D eigenvalue weighted by Gasteiger charge is 2.21. The average molecular weight is 338 g/mol. The summed E-state index contributed by atoms with van der Waals surface area (Å²) in [5.41, 5.74) is 7.57. The molecule has 3 rings (SSSR count). The van der Waals surface area contributed by atoms with Gasteiger partial charge in [0.2, 0.25) is 5.78 Å². The number of rotatable bonds is 7. The molecule has 5 nitrogen and oxygen atoms in total. The molecule has 2 aromatic carbocycles. The molecule has 0 saturated carbocycles. The van der Waals surface area contributed by atoms with Crippen molar-refractivity contribution in [1.29, 1.82) is 0 Å². The van der Waals surface area contributed by atoms with Crippen LogP contribution in [-0.2, 0) is 0 Å². The summed E-state index contributed by atoms with van der Waals surface area (Å²) in [4.78, 5) is 14.8. The molecular weight excluding hydrogens is 316 g/mol. The van der Waals surface area contributed by atoms with Gasteiger partial charge in [-0.15, -0.1) is 0 Å². The molecule has 0 atom stereocenters. The number of benzene rings is 2. The van der Waals surface area contributed by atoms with Gasteiger partial charge >= 0.3 is 0 Å². The van der Waals surface area contributed by atoms with Crippen molar-refractivity contribution in [1.82, 2.24) is 4.90 Å². The van der Waals surface area contributed by atoms with Crippen molar-refractivity contribution in [2.24, 2.45) is 0 Å². The third-order valence-corrected chi connectivity index (χ3v) is 3.97. The minimum atomic E-state index is -0.229. The molecule has 0 aliphatic carbocycles. The minimum absolute atomic E-state index is 0.158. The Kier molecular flexibility index (Phi) is 5.05. The van der Waals surface area contributed by atoms with Crippen LogP contribution in [0.25, 0.3) is 11.0 Å². The van der Waals surface area contributed by atoms with Gasteiger partial charge in [-0.3, -0.25) is 4.79 Å². The predicted octanol–water partition coefficient (Wildman–Crippen LogP) is 3.58. The maximum Gasteiger partial charge on any atom is 0.230 e. The molecule has 0 amide bonds. The number of nitrogens with two attached hydrogens (primary N) is 1. The summed E-state index contributed by atoms with van der Waals surface area (Å²) in [5.74, 6) is 0.536. The summed E-state index contributed by atoms with van der Waals surface area (Å²) < 4.78 is 11.7. The first-order valence-electron chi connectivity index (χ1n) is 8.26. The minimum Gasteiger partial charge on any atom is -0.490 e. The molecule has 5 heteroatoms. The van der Waals surface area contributed by atoms with E-state index in [9.17, 15) is 4.79 Å². The Hall–Kier alpha value is -2.79. The molecule has 0 fully saturated rings. The number of para-hydroxylation sites is 1. The summed E-state index contributed by atoms with van der Waals surface area (Å²) in [5, 5.41) is 0.699. The monoisotopic (exact) mass is 338 g/mol. The number of nitrogens with zero attached hydrogens (tertiary/aromatic N) is 1. The van der Waals surface area contributed by atoms with Gasteiger partial charge in [-0.25, -0.2) is 0 Å². The van der Waals surface area contributed by atoms with Crippen LogP contribution in [0, 0.1) is 0 Å². The molecule has 2 N–H and O–H groups in total. The van der Waals surface area contributed by atoms with Gasteiger partial charge in [-0.05, 0) is 32.6 Å². The van der Waals surface area contributed by atoms with Gasteiger partial charge in [0.15, 0.2) is 17.1 Å². The third kappa shape index (κ3) is 3.67. The van der Waals surface area contributed by atoms with Crippen molar-refractivity contribution < 1.29 is 13.9 Å². The number of hydrogen-bond acceptors (Lipinski definition) is 5. The normalized spacial score (nSPS) is 11.2. The molecule has 0 aliphatic rings. The molecule has 130 valence electrons. The maximum atomic E-state index is 12.7. The number of ether oxygens (including phenoxy) is 1. The van der Waals surface area contributed by atoms with Crippen LogP contribution in [0.3, 0.4) is 0 Å². The topological polar surface area (TPSA) is 68.7 Å². The molecule has 0 saturated heterocycles. The Labute approximate surface area is 147 Å². The Balaban J connectivity index is 1.88. The number of anilines is 1. The van der Waals surface area contributed by atoms with Gasteiger partial charge < -0.3 is 19.8 Å². The summed E-state index contributed by atoms with van der Waals surface area (Å²) in [7, 11) is 4.05. The second-order valence-corrected chi connectivity index (χ2v) is 6.18. The lowest BCUT2D eigenvalue weighted by Gasteiger charge is -2.10. The molecule has 1 aromatic heterocycles. The molecule has 0 bridgehead atoms. The fourth-order valence-electron chi connectivity index (χ4n) is 2.68. The van der Waals surface area contributed by atoms with Crippen LogP contribution < -0.4 is 10.5 Å². The van der Waals surface area contributed by atoms with E-state index in [1.165, 1.54) is 0 Å². The van der Waals surface area contributed by atoms with E-state index < -0.39 is 0 Å². The zero-order chi connectivity index (χ0) is 17.8. The maximum absolute atomic E-state index is 12.7. The van der Waals surface area contributed by atoms with Crippen LogP contribution in [0.15, 0.2) is 52.9 Å². The van der Waals surface area contributed by atoms with E-state index >= 15 is 0 Å².